The van der Waals surface area contributed by atoms with Crippen molar-refractivity contribution in [1.29, 1.82) is 0 Å². The van der Waals surface area contributed by atoms with E-state index in [4.69, 9.17) is 16.3 Å². The van der Waals surface area contributed by atoms with E-state index in [0.29, 0.717) is 22.1 Å². The van der Waals surface area contributed by atoms with E-state index in [1.54, 1.807) is 18.2 Å². The highest BCUT2D eigenvalue weighted by molar-refractivity contribution is 6.30. The Bertz CT molecular complexity index is 579. The van der Waals surface area contributed by atoms with Crippen LogP contribution in [-0.4, -0.2) is 5.78 Å². The normalized spacial score (nSPS) is 10.2. The van der Waals surface area contributed by atoms with Crippen LogP contribution in [0.2, 0.25) is 5.02 Å². The van der Waals surface area contributed by atoms with Gasteiger partial charge in [0, 0.05) is 11.1 Å². The van der Waals surface area contributed by atoms with Crippen LogP contribution in [0.25, 0.3) is 0 Å². The molecule has 0 N–H and O–H groups in total. The van der Waals surface area contributed by atoms with Crippen molar-refractivity contribution in [2.24, 2.45) is 0 Å². The van der Waals surface area contributed by atoms with Crippen LogP contribution in [0.5, 0.6) is 11.5 Å². The van der Waals surface area contributed by atoms with E-state index in [2.05, 4.69) is 0 Å². The molecule has 0 heterocycles. The van der Waals surface area contributed by atoms with Gasteiger partial charge in [-0.1, -0.05) is 11.6 Å². The van der Waals surface area contributed by atoms with Crippen molar-refractivity contribution in [2.75, 3.05) is 0 Å². The highest BCUT2D eigenvalue weighted by atomic mass is 35.5. The van der Waals surface area contributed by atoms with Gasteiger partial charge in [-0.05, 0) is 43.3 Å². The van der Waals surface area contributed by atoms with Gasteiger partial charge in [-0.25, -0.2) is 4.39 Å². The van der Waals surface area contributed by atoms with E-state index in [1.165, 1.54) is 31.2 Å². The van der Waals surface area contributed by atoms with Crippen molar-refractivity contribution in [1.82, 2.24) is 0 Å². The number of hydrogen-bond donors (Lipinski definition) is 0. The Morgan fingerprint density at radius 2 is 1.83 bits per heavy atom. The van der Waals surface area contributed by atoms with E-state index in [1.807, 2.05) is 0 Å². The molecular formula is C14H10ClFO2. The summed E-state index contributed by atoms with van der Waals surface area (Å²) in [6.45, 7) is 1.45. The topological polar surface area (TPSA) is 26.3 Å². The van der Waals surface area contributed by atoms with Gasteiger partial charge in [0.1, 0.15) is 17.3 Å². The highest BCUT2D eigenvalue weighted by Gasteiger charge is 2.10. The second kappa shape index (κ2) is 5.19. The molecule has 0 radical (unpaired) electrons. The number of benzene rings is 2. The number of carbonyl (C=O) groups is 1. The fraction of sp³-hybridized carbons (Fsp3) is 0.0714. The summed E-state index contributed by atoms with van der Waals surface area (Å²) in [5.74, 6) is 0.340. The molecule has 18 heavy (non-hydrogen) atoms. The summed E-state index contributed by atoms with van der Waals surface area (Å²) in [7, 11) is 0. The third kappa shape index (κ3) is 2.87. The molecule has 0 unspecified atom stereocenters. The molecule has 4 heteroatoms. The lowest BCUT2D eigenvalue weighted by Crippen LogP contribution is -1.97. The molecule has 0 saturated carbocycles. The molecule has 0 aromatic heterocycles. The van der Waals surface area contributed by atoms with Gasteiger partial charge >= 0.3 is 0 Å². The van der Waals surface area contributed by atoms with Gasteiger partial charge in [-0.2, -0.15) is 0 Å². The fourth-order valence-electron chi connectivity index (χ4n) is 1.50. The molecule has 2 rings (SSSR count). The number of ether oxygens (including phenoxy) is 1. The smallest absolute Gasteiger partial charge is 0.163 e. The van der Waals surface area contributed by atoms with Gasteiger partial charge in [0.2, 0.25) is 0 Å². The van der Waals surface area contributed by atoms with Gasteiger partial charge in [0.15, 0.2) is 5.78 Å². The maximum Gasteiger partial charge on any atom is 0.163 e. The second-order valence-electron chi connectivity index (χ2n) is 3.75. The number of ketones is 1. The summed E-state index contributed by atoms with van der Waals surface area (Å²) in [6, 6.07) is 10.3. The maximum absolute atomic E-state index is 12.8. The molecule has 0 bridgehead atoms. The number of rotatable bonds is 3. The maximum atomic E-state index is 12.8. The van der Waals surface area contributed by atoms with Crippen LogP contribution >= 0.6 is 11.6 Å². The quantitative estimate of drug-likeness (QED) is 0.765. The molecule has 0 spiro atoms. The van der Waals surface area contributed by atoms with E-state index in [-0.39, 0.29) is 11.6 Å². The van der Waals surface area contributed by atoms with Crippen LogP contribution in [0.4, 0.5) is 4.39 Å². The molecule has 92 valence electrons. The monoisotopic (exact) mass is 264 g/mol. The first kappa shape index (κ1) is 12.6. The molecule has 2 nitrogen and oxygen atoms in total. The van der Waals surface area contributed by atoms with Crippen molar-refractivity contribution in [3.8, 4) is 11.5 Å². The van der Waals surface area contributed by atoms with Gasteiger partial charge in [-0.3, -0.25) is 4.79 Å². The minimum Gasteiger partial charge on any atom is -0.457 e. The Labute approximate surface area is 109 Å². The standard InChI is InChI=1S/C14H10ClFO2/c1-9(17)13-7-2-10(15)8-14(13)18-12-5-3-11(16)4-6-12/h2-8H,1H3. The molecule has 2 aromatic rings. The summed E-state index contributed by atoms with van der Waals surface area (Å²) in [6.07, 6.45) is 0. The lowest BCUT2D eigenvalue weighted by atomic mass is 10.1. The third-order valence-corrected chi connectivity index (χ3v) is 2.60. The van der Waals surface area contributed by atoms with Crippen LogP contribution in [0.3, 0.4) is 0 Å². The SMILES string of the molecule is CC(=O)c1ccc(Cl)cc1Oc1ccc(F)cc1. The largest absolute Gasteiger partial charge is 0.457 e. The number of Topliss-reactive ketones (excluding diaryl/α,β-unsaturated/α-hetero) is 1. The zero-order valence-corrected chi connectivity index (χ0v) is 10.4. The zero-order valence-electron chi connectivity index (χ0n) is 9.61. The second-order valence-corrected chi connectivity index (χ2v) is 4.19. The predicted octanol–water partition coefficient (Wildman–Crippen LogP) is 4.47. The molecule has 0 atom stereocenters. The molecule has 0 aliphatic rings. The first-order valence-corrected chi connectivity index (χ1v) is 5.68. The van der Waals surface area contributed by atoms with Crippen LogP contribution in [-0.2, 0) is 0 Å². The predicted molar refractivity (Wildman–Crippen MR) is 67.9 cm³/mol. The Morgan fingerprint density at radius 3 is 2.44 bits per heavy atom. The van der Waals surface area contributed by atoms with Crippen molar-refractivity contribution in [3.63, 3.8) is 0 Å². The van der Waals surface area contributed by atoms with E-state index >= 15 is 0 Å². The van der Waals surface area contributed by atoms with Crippen molar-refractivity contribution < 1.29 is 13.9 Å². The highest BCUT2D eigenvalue weighted by Crippen LogP contribution is 2.28. The molecule has 2 aromatic carbocycles. The molecule has 0 amide bonds. The number of carbonyl (C=O) groups excluding carboxylic acids is 1. The van der Waals surface area contributed by atoms with Crippen molar-refractivity contribution in [2.45, 2.75) is 6.92 Å². The molecule has 0 aliphatic heterocycles. The Morgan fingerprint density at radius 1 is 1.17 bits per heavy atom. The minimum atomic E-state index is -0.347. The number of hydrogen-bond acceptors (Lipinski definition) is 2. The van der Waals surface area contributed by atoms with Crippen molar-refractivity contribution >= 4 is 17.4 Å². The van der Waals surface area contributed by atoms with E-state index in [0.717, 1.165) is 0 Å². The molecule has 0 aliphatic carbocycles. The lowest BCUT2D eigenvalue weighted by Gasteiger charge is -2.09. The van der Waals surface area contributed by atoms with Crippen LogP contribution in [0.1, 0.15) is 17.3 Å². The van der Waals surface area contributed by atoms with Gasteiger partial charge < -0.3 is 4.74 Å². The first-order valence-electron chi connectivity index (χ1n) is 5.30. The third-order valence-electron chi connectivity index (χ3n) is 2.36. The van der Waals surface area contributed by atoms with E-state index < -0.39 is 0 Å². The molecular weight excluding hydrogens is 255 g/mol. The summed E-state index contributed by atoms with van der Waals surface area (Å²) in [5.41, 5.74) is 0.434. The Kier molecular flexibility index (Phi) is 3.63. The summed E-state index contributed by atoms with van der Waals surface area (Å²) < 4.78 is 18.3. The number of halogens is 2. The average Bonchev–Trinajstić information content (AvgIpc) is 2.32. The van der Waals surface area contributed by atoms with Gasteiger partial charge in [0.25, 0.3) is 0 Å². The van der Waals surface area contributed by atoms with Crippen molar-refractivity contribution in [3.05, 3.63) is 58.9 Å². The summed E-state index contributed by atoms with van der Waals surface area (Å²) in [5, 5.41) is 0.470. The molecule has 0 fully saturated rings. The van der Waals surface area contributed by atoms with E-state index in [9.17, 15) is 9.18 Å². The molecule has 0 saturated heterocycles. The van der Waals surface area contributed by atoms with Gasteiger partial charge in [-0.15, -0.1) is 0 Å². The first-order chi connectivity index (χ1) is 8.56. The van der Waals surface area contributed by atoms with Gasteiger partial charge in [0.05, 0.1) is 5.56 Å². The van der Waals surface area contributed by atoms with Crippen LogP contribution < -0.4 is 4.74 Å². The summed E-state index contributed by atoms with van der Waals surface area (Å²) in [4.78, 5) is 11.4. The fourth-order valence-corrected chi connectivity index (χ4v) is 1.66. The average molecular weight is 265 g/mol. The van der Waals surface area contributed by atoms with Crippen LogP contribution in [0.15, 0.2) is 42.5 Å². The zero-order chi connectivity index (χ0) is 13.1. The lowest BCUT2D eigenvalue weighted by molar-refractivity contribution is 0.101. The minimum absolute atomic E-state index is 0.122. The Balaban J connectivity index is 2.35. The van der Waals surface area contributed by atoms with Crippen LogP contribution in [0, 0.1) is 5.82 Å². The Hall–Kier alpha value is -1.87. The summed E-state index contributed by atoms with van der Waals surface area (Å²) >= 11 is 5.86.